The average molecular weight is 374 g/mol. The van der Waals surface area contributed by atoms with E-state index in [2.05, 4.69) is 5.32 Å². The van der Waals surface area contributed by atoms with E-state index in [0.717, 1.165) is 12.8 Å². The van der Waals surface area contributed by atoms with Gasteiger partial charge in [0.2, 0.25) is 5.91 Å². The van der Waals surface area contributed by atoms with E-state index >= 15 is 0 Å². The van der Waals surface area contributed by atoms with E-state index in [1.807, 2.05) is 0 Å². The number of hydrogen-bond acceptors (Lipinski definition) is 4. The number of nitrogens with one attached hydrogen (secondary N) is 1. The molecule has 0 radical (unpaired) electrons. The van der Waals surface area contributed by atoms with Gasteiger partial charge in [0.1, 0.15) is 11.6 Å². The Bertz CT molecular complexity index is 799. The van der Waals surface area contributed by atoms with Crippen molar-refractivity contribution in [2.75, 3.05) is 25.0 Å². The first-order valence-electron chi connectivity index (χ1n) is 9.04. The molecule has 1 saturated heterocycles. The molecule has 6 nitrogen and oxygen atoms in total. The summed E-state index contributed by atoms with van der Waals surface area (Å²) in [6.07, 6.45) is 3.35. The Hall–Kier alpha value is -2.67. The number of rotatable bonds is 7. The van der Waals surface area contributed by atoms with Gasteiger partial charge in [0.15, 0.2) is 0 Å². The molecule has 0 bridgehead atoms. The molecule has 0 aliphatic carbocycles. The second-order valence-electron chi connectivity index (χ2n) is 6.55. The van der Waals surface area contributed by atoms with E-state index < -0.39 is 5.82 Å². The van der Waals surface area contributed by atoms with Gasteiger partial charge in [-0.3, -0.25) is 9.59 Å². The molecule has 1 aromatic carbocycles. The summed E-state index contributed by atoms with van der Waals surface area (Å²) >= 11 is 0. The van der Waals surface area contributed by atoms with Crippen LogP contribution in [-0.2, 0) is 9.53 Å². The molecule has 3 rings (SSSR count). The maximum Gasteiger partial charge on any atom is 0.257 e. The largest absolute Gasteiger partial charge is 0.469 e. The van der Waals surface area contributed by atoms with Gasteiger partial charge in [-0.25, -0.2) is 4.39 Å². The van der Waals surface area contributed by atoms with E-state index in [1.165, 1.54) is 18.4 Å². The summed E-state index contributed by atoms with van der Waals surface area (Å²) in [6, 6.07) is 7.61. The molecule has 0 unspecified atom stereocenters. The first-order valence-corrected chi connectivity index (χ1v) is 9.04. The number of anilines is 1. The zero-order valence-electron chi connectivity index (χ0n) is 15.2. The van der Waals surface area contributed by atoms with Crippen LogP contribution in [0.3, 0.4) is 0 Å². The second-order valence-corrected chi connectivity index (χ2v) is 6.55. The molecular formula is C20H23FN2O4. The molecule has 1 aliphatic heterocycles. The topological polar surface area (TPSA) is 71.8 Å². The summed E-state index contributed by atoms with van der Waals surface area (Å²) < 4.78 is 24.5. The fourth-order valence-corrected chi connectivity index (χ4v) is 3.10. The predicted octanol–water partition coefficient (Wildman–Crippen LogP) is 3.38. The van der Waals surface area contributed by atoms with Gasteiger partial charge in [0.25, 0.3) is 5.91 Å². The number of carbonyl (C=O) groups is 2. The van der Waals surface area contributed by atoms with E-state index in [1.54, 1.807) is 30.0 Å². The minimum atomic E-state index is -0.493. The van der Waals surface area contributed by atoms with Crippen molar-refractivity contribution >= 4 is 17.5 Å². The first-order chi connectivity index (χ1) is 13.0. The highest BCUT2D eigenvalue weighted by Gasteiger charge is 2.25. The molecule has 0 saturated carbocycles. The van der Waals surface area contributed by atoms with Crippen LogP contribution < -0.4 is 5.32 Å². The van der Waals surface area contributed by atoms with Crippen LogP contribution >= 0.6 is 0 Å². The van der Waals surface area contributed by atoms with E-state index in [-0.39, 0.29) is 36.6 Å². The summed E-state index contributed by atoms with van der Waals surface area (Å²) in [7, 11) is 0. The highest BCUT2D eigenvalue weighted by molar-refractivity contribution is 5.96. The van der Waals surface area contributed by atoms with E-state index in [9.17, 15) is 14.0 Å². The van der Waals surface area contributed by atoms with Gasteiger partial charge in [-0.05, 0) is 38.0 Å². The summed E-state index contributed by atoms with van der Waals surface area (Å²) in [5.74, 6) is -0.509. The third-order valence-corrected chi connectivity index (χ3v) is 4.58. The number of carbonyl (C=O) groups excluding carboxylic acids is 2. The van der Waals surface area contributed by atoms with Crippen molar-refractivity contribution in [1.82, 2.24) is 4.90 Å². The van der Waals surface area contributed by atoms with Gasteiger partial charge in [0.05, 0.1) is 23.6 Å². The Morgan fingerprint density at radius 3 is 2.78 bits per heavy atom. The van der Waals surface area contributed by atoms with E-state index in [4.69, 9.17) is 9.15 Å². The number of para-hydroxylation sites is 1. The lowest BCUT2D eigenvalue weighted by Crippen LogP contribution is -2.39. The summed E-state index contributed by atoms with van der Waals surface area (Å²) in [6.45, 7) is 3.04. The van der Waals surface area contributed by atoms with Crippen LogP contribution in [0.1, 0.15) is 35.4 Å². The third kappa shape index (κ3) is 4.95. The normalized spacial score (nSPS) is 16.3. The molecule has 1 N–H and O–H groups in total. The number of aryl methyl sites for hydroxylation is 1. The third-order valence-electron chi connectivity index (χ3n) is 4.58. The SMILES string of the molecule is Cc1occc1C(=O)N(CCC(=O)Nc1ccccc1F)C[C@@H]1CCCO1. The molecule has 144 valence electrons. The Labute approximate surface area is 157 Å². The quantitative estimate of drug-likeness (QED) is 0.807. The molecule has 2 aromatic rings. The molecule has 27 heavy (non-hydrogen) atoms. The Morgan fingerprint density at radius 2 is 2.11 bits per heavy atom. The zero-order valence-corrected chi connectivity index (χ0v) is 15.2. The van der Waals surface area contributed by atoms with E-state index in [0.29, 0.717) is 24.5 Å². The fraction of sp³-hybridized carbons (Fsp3) is 0.400. The number of amides is 2. The van der Waals surface area contributed by atoms with Gasteiger partial charge in [0, 0.05) is 26.1 Å². The predicted molar refractivity (Wildman–Crippen MR) is 98.0 cm³/mol. The van der Waals surface area contributed by atoms with Crippen molar-refractivity contribution in [2.24, 2.45) is 0 Å². The Balaban J connectivity index is 1.63. The van der Waals surface area contributed by atoms with Crippen LogP contribution in [0.5, 0.6) is 0 Å². The Morgan fingerprint density at radius 1 is 1.30 bits per heavy atom. The molecule has 0 spiro atoms. The smallest absolute Gasteiger partial charge is 0.257 e. The minimum Gasteiger partial charge on any atom is -0.469 e. The van der Waals surface area contributed by atoms with Gasteiger partial charge in [-0.2, -0.15) is 0 Å². The molecular weight excluding hydrogens is 351 g/mol. The van der Waals surface area contributed by atoms with Crippen LogP contribution in [0.4, 0.5) is 10.1 Å². The number of ether oxygens (including phenoxy) is 1. The monoisotopic (exact) mass is 374 g/mol. The lowest BCUT2D eigenvalue weighted by atomic mass is 10.1. The molecule has 1 aromatic heterocycles. The van der Waals surface area contributed by atoms with Crippen LogP contribution in [0.2, 0.25) is 0 Å². The maximum atomic E-state index is 13.7. The van der Waals surface area contributed by atoms with Crippen LogP contribution in [0.15, 0.2) is 41.0 Å². The average Bonchev–Trinajstić information content (AvgIpc) is 3.31. The first kappa shape index (κ1) is 19.1. The maximum absolute atomic E-state index is 13.7. The molecule has 1 fully saturated rings. The van der Waals surface area contributed by atoms with Crippen LogP contribution in [-0.4, -0.2) is 42.5 Å². The summed E-state index contributed by atoms with van der Waals surface area (Å²) in [5.41, 5.74) is 0.604. The highest BCUT2D eigenvalue weighted by Crippen LogP contribution is 2.18. The number of benzene rings is 1. The van der Waals surface area contributed by atoms with Crippen molar-refractivity contribution < 1.29 is 23.1 Å². The number of furan rings is 1. The van der Waals surface area contributed by atoms with Gasteiger partial charge in [-0.15, -0.1) is 0 Å². The molecule has 2 heterocycles. The summed E-state index contributed by atoms with van der Waals surface area (Å²) in [4.78, 5) is 26.7. The number of halogens is 1. The molecule has 7 heteroatoms. The lowest BCUT2D eigenvalue weighted by molar-refractivity contribution is -0.116. The van der Waals surface area contributed by atoms with Gasteiger partial charge in [-0.1, -0.05) is 12.1 Å². The standard InChI is InChI=1S/C20H23FN2O4/c1-14-16(9-12-26-14)20(25)23(13-15-5-4-11-27-15)10-8-19(24)22-18-7-3-2-6-17(18)21/h2-3,6-7,9,12,15H,4-5,8,10-11,13H2,1H3,(H,22,24)/t15-/m0/s1. The van der Waals surface area contributed by atoms with Gasteiger partial charge < -0.3 is 19.4 Å². The second kappa shape index (κ2) is 8.81. The van der Waals surface area contributed by atoms with Crippen molar-refractivity contribution in [1.29, 1.82) is 0 Å². The minimum absolute atomic E-state index is 0.0317. The van der Waals surface area contributed by atoms with Crippen molar-refractivity contribution in [3.8, 4) is 0 Å². The number of nitrogens with zero attached hydrogens (tertiary/aromatic N) is 1. The summed E-state index contributed by atoms with van der Waals surface area (Å²) in [5, 5.41) is 2.54. The van der Waals surface area contributed by atoms with Crippen LogP contribution in [0.25, 0.3) is 0 Å². The fourth-order valence-electron chi connectivity index (χ4n) is 3.10. The van der Waals surface area contributed by atoms with Gasteiger partial charge >= 0.3 is 0 Å². The van der Waals surface area contributed by atoms with Crippen molar-refractivity contribution in [3.63, 3.8) is 0 Å². The van der Waals surface area contributed by atoms with Crippen LogP contribution in [0, 0.1) is 12.7 Å². The van der Waals surface area contributed by atoms with Crippen molar-refractivity contribution in [2.45, 2.75) is 32.3 Å². The highest BCUT2D eigenvalue weighted by atomic mass is 19.1. The lowest BCUT2D eigenvalue weighted by Gasteiger charge is -2.25. The molecule has 2 amide bonds. The van der Waals surface area contributed by atoms with Crippen molar-refractivity contribution in [3.05, 3.63) is 53.7 Å². The zero-order chi connectivity index (χ0) is 19.2. The Kier molecular flexibility index (Phi) is 6.24. The molecule has 1 atom stereocenters. The number of hydrogen-bond donors (Lipinski definition) is 1. The molecule has 1 aliphatic rings.